The van der Waals surface area contributed by atoms with Crippen molar-refractivity contribution in [3.63, 3.8) is 0 Å². The van der Waals surface area contributed by atoms with Gasteiger partial charge in [0.25, 0.3) is 17.5 Å². The van der Waals surface area contributed by atoms with E-state index in [0.29, 0.717) is 22.5 Å². The van der Waals surface area contributed by atoms with E-state index in [1.54, 1.807) is 19.1 Å². The van der Waals surface area contributed by atoms with E-state index in [-0.39, 0.29) is 27.6 Å². The average Bonchev–Trinajstić information content (AvgIpc) is 3.37. The molecule has 0 unspecified atom stereocenters. The number of pyridine rings is 1. The predicted molar refractivity (Wildman–Crippen MR) is 102 cm³/mol. The van der Waals surface area contributed by atoms with E-state index in [4.69, 9.17) is 20.5 Å². The number of amides is 2. The van der Waals surface area contributed by atoms with Crippen LogP contribution in [0.15, 0.2) is 51.6 Å². The lowest BCUT2D eigenvalue weighted by Gasteiger charge is -2.10. The van der Waals surface area contributed by atoms with E-state index in [0.717, 1.165) is 0 Å². The highest BCUT2D eigenvalue weighted by Crippen LogP contribution is 2.27. The third kappa shape index (κ3) is 3.50. The van der Waals surface area contributed by atoms with Crippen LogP contribution in [0, 0.1) is 6.92 Å². The second-order valence-electron chi connectivity index (χ2n) is 6.05. The van der Waals surface area contributed by atoms with Crippen molar-refractivity contribution in [1.29, 1.82) is 0 Å². The summed E-state index contributed by atoms with van der Waals surface area (Å²) in [4.78, 5) is 29.4. The number of aromatic nitrogens is 2. The molecule has 4 aromatic rings. The van der Waals surface area contributed by atoms with Gasteiger partial charge in [-0.05, 0) is 43.3 Å². The van der Waals surface area contributed by atoms with E-state index in [9.17, 15) is 14.7 Å². The van der Waals surface area contributed by atoms with Crippen LogP contribution in [-0.4, -0.2) is 27.1 Å². The number of halogens is 1. The molecule has 0 bridgehead atoms. The summed E-state index contributed by atoms with van der Waals surface area (Å²) in [5.74, 6) is -1.21. The summed E-state index contributed by atoms with van der Waals surface area (Å²) in [5.41, 5.74) is 5.61. The highest BCUT2D eigenvalue weighted by Gasteiger charge is 2.21. The van der Waals surface area contributed by atoms with Gasteiger partial charge in [0, 0.05) is 5.02 Å². The van der Waals surface area contributed by atoms with E-state index < -0.39 is 11.8 Å². The van der Waals surface area contributed by atoms with Gasteiger partial charge in [0.15, 0.2) is 5.76 Å². The van der Waals surface area contributed by atoms with Gasteiger partial charge in [-0.15, -0.1) is 0 Å². The zero-order chi connectivity index (χ0) is 20.5. The maximum atomic E-state index is 12.8. The van der Waals surface area contributed by atoms with Gasteiger partial charge in [-0.1, -0.05) is 16.8 Å². The lowest BCUT2D eigenvalue weighted by molar-refractivity contribution is 0.0846. The van der Waals surface area contributed by atoms with Crippen molar-refractivity contribution in [2.24, 2.45) is 0 Å². The van der Waals surface area contributed by atoms with Crippen molar-refractivity contribution in [2.45, 2.75) is 6.92 Å². The SMILES string of the molecule is Cc1noc2nc(-c3ccco3)cc(C(=O)NNC(=O)c3cc(Cl)ccc3O)c12. The molecule has 0 saturated heterocycles. The molecule has 0 aliphatic heterocycles. The van der Waals surface area contributed by atoms with Crippen molar-refractivity contribution in [2.75, 3.05) is 0 Å². The molecule has 0 aliphatic rings. The normalized spacial score (nSPS) is 10.8. The van der Waals surface area contributed by atoms with Gasteiger partial charge in [0.05, 0.1) is 28.5 Å². The van der Waals surface area contributed by atoms with Crippen molar-refractivity contribution >= 4 is 34.5 Å². The third-order valence-corrected chi connectivity index (χ3v) is 4.36. The molecule has 0 aliphatic carbocycles. The van der Waals surface area contributed by atoms with E-state index in [1.165, 1.54) is 30.5 Å². The van der Waals surface area contributed by atoms with Crippen LogP contribution in [-0.2, 0) is 0 Å². The molecule has 9 nitrogen and oxygen atoms in total. The molecular formula is C19H13ClN4O5. The summed E-state index contributed by atoms with van der Waals surface area (Å²) in [7, 11) is 0. The standard InChI is InChI=1S/C19H13ClN4O5/c1-9-16-12(8-13(15-3-2-6-28-15)21-19(16)29-24-9)18(27)23-22-17(26)11-7-10(20)4-5-14(11)25/h2-8,25H,1H3,(H,22,26)(H,23,27). The molecule has 146 valence electrons. The Bertz CT molecular complexity index is 1230. The number of nitrogens with zero attached hydrogens (tertiary/aromatic N) is 2. The van der Waals surface area contributed by atoms with E-state index in [1.807, 2.05) is 0 Å². The average molecular weight is 413 g/mol. The van der Waals surface area contributed by atoms with Crippen LogP contribution >= 0.6 is 11.6 Å². The maximum absolute atomic E-state index is 12.8. The lowest BCUT2D eigenvalue weighted by atomic mass is 10.1. The number of hydrogen-bond acceptors (Lipinski definition) is 7. The monoisotopic (exact) mass is 412 g/mol. The van der Waals surface area contributed by atoms with Gasteiger partial charge in [-0.3, -0.25) is 20.4 Å². The topological polar surface area (TPSA) is 130 Å². The fraction of sp³-hybridized carbons (Fsp3) is 0.0526. The Morgan fingerprint density at radius 3 is 2.59 bits per heavy atom. The second-order valence-corrected chi connectivity index (χ2v) is 6.49. The van der Waals surface area contributed by atoms with Gasteiger partial charge in [-0.2, -0.15) is 0 Å². The molecule has 10 heteroatoms. The summed E-state index contributed by atoms with van der Waals surface area (Å²) in [5, 5.41) is 14.3. The number of hydrazine groups is 1. The molecule has 0 atom stereocenters. The number of rotatable bonds is 3. The van der Waals surface area contributed by atoms with Crippen LogP contribution in [0.25, 0.3) is 22.6 Å². The van der Waals surface area contributed by atoms with Crippen LogP contribution < -0.4 is 10.9 Å². The number of benzene rings is 1. The summed E-state index contributed by atoms with van der Waals surface area (Å²) >= 11 is 5.84. The van der Waals surface area contributed by atoms with Crippen molar-refractivity contribution < 1.29 is 23.6 Å². The molecule has 1 aromatic carbocycles. The number of carbonyl (C=O) groups excluding carboxylic acids is 2. The molecule has 2 amide bonds. The molecule has 0 fully saturated rings. The first kappa shape index (κ1) is 18.5. The summed E-state index contributed by atoms with van der Waals surface area (Å²) in [6.45, 7) is 1.67. The van der Waals surface area contributed by atoms with Crippen molar-refractivity contribution in [3.05, 3.63) is 64.5 Å². The molecular weight excluding hydrogens is 400 g/mol. The molecule has 4 rings (SSSR count). The number of carbonyl (C=O) groups is 2. The van der Waals surface area contributed by atoms with Crippen LogP contribution in [0.4, 0.5) is 0 Å². The number of phenolic OH excluding ortho intramolecular Hbond substituents is 1. The van der Waals surface area contributed by atoms with Crippen LogP contribution in [0.5, 0.6) is 5.75 Å². The molecule has 3 N–H and O–H groups in total. The zero-order valence-corrected chi connectivity index (χ0v) is 15.6. The van der Waals surface area contributed by atoms with Gasteiger partial charge >= 0.3 is 0 Å². The highest BCUT2D eigenvalue weighted by atomic mass is 35.5. The fourth-order valence-electron chi connectivity index (χ4n) is 2.76. The summed E-state index contributed by atoms with van der Waals surface area (Å²) in [6.07, 6.45) is 1.48. The number of aryl methyl sites for hydroxylation is 1. The van der Waals surface area contributed by atoms with Gasteiger partial charge < -0.3 is 14.0 Å². The highest BCUT2D eigenvalue weighted by molar-refractivity contribution is 6.31. The van der Waals surface area contributed by atoms with Crippen LogP contribution in [0.1, 0.15) is 26.4 Å². The van der Waals surface area contributed by atoms with E-state index >= 15 is 0 Å². The smallest absolute Gasteiger partial charge is 0.273 e. The minimum absolute atomic E-state index is 0.0879. The fourth-order valence-corrected chi connectivity index (χ4v) is 2.93. The van der Waals surface area contributed by atoms with Crippen LogP contribution in [0.2, 0.25) is 5.02 Å². The molecule has 3 aromatic heterocycles. The van der Waals surface area contributed by atoms with E-state index in [2.05, 4.69) is 21.0 Å². The Morgan fingerprint density at radius 1 is 1.10 bits per heavy atom. The zero-order valence-electron chi connectivity index (χ0n) is 14.9. The maximum Gasteiger partial charge on any atom is 0.273 e. The summed E-state index contributed by atoms with van der Waals surface area (Å²) in [6, 6.07) is 8.87. The second kappa shape index (κ2) is 7.28. The number of phenols is 1. The quantitative estimate of drug-likeness (QED) is 0.440. The lowest BCUT2D eigenvalue weighted by Crippen LogP contribution is -2.41. The summed E-state index contributed by atoms with van der Waals surface area (Å²) < 4.78 is 10.5. The number of aromatic hydroxyl groups is 1. The molecule has 0 saturated carbocycles. The van der Waals surface area contributed by atoms with Crippen molar-refractivity contribution in [3.8, 4) is 17.2 Å². The Labute approximate surface area is 168 Å². The van der Waals surface area contributed by atoms with Gasteiger partial charge in [-0.25, -0.2) is 4.98 Å². The molecule has 0 spiro atoms. The van der Waals surface area contributed by atoms with Gasteiger partial charge in [0.1, 0.15) is 11.4 Å². The number of hydrogen-bond donors (Lipinski definition) is 3. The predicted octanol–water partition coefficient (Wildman–Crippen LogP) is 3.23. The number of fused-ring (bicyclic) bond motifs is 1. The number of nitrogens with one attached hydrogen (secondary N) is 2. The molecule has 3 heterocycles. The van der Waals surface area contributed by atoms with Crippen LogP contribution in [0.3, 0.4) is 0 Å². The Balaban J connectivity index is 1.63. The van der Waals surface area contributed by atoms with Crippen molar-refractivity contribution in [1.82, 2.24) is 21.0 Å². The third-order valence-electron chi connectivity index (χ3n) is 4.13. The minimum atomic E-state index is -0.739. The first-order valence-electron chi connectivity index (χ1n) is 8.34. The minimum Gasteiger partial charge on any atom is -0.507 e. The Hall–Kier alpha value is -3.85. The Kier molecular flexibility index (Phi) is 4.65. The van der Waals surface area contributed by atoms with Gasteiger partial charge in [0.2, 0.25) is 0 Å². The Morgan fingerprint density at radius 2 is 1.86 bits per heavy atom. The first-order valence-corrected chi connectivity index (χ1v) is 8.72. The first-order chi connectivity index (χ1) is 13.9. The molecule has 29 heavy (non-hydrogen) atoms. The molecule has 0 radical (unpaired) electrons. The largest absolute Gasteiger partial charge is 0.507 e. The number of furan rings is 1.